The van der Waals surface area contributed by atoms with E-state index in [9.17, 15) is 19.8 Å². The first-order chi connectivity index (χ1) is 30.5. The molecule has 0 spiro atoms. The van der Waals surface area contributed by atoms with Crippen molar-refractivity contribution >= 4 is 11.9 Å². The highest BCUT2D eigenvalue weighted by Crippen LogP contribution is 2.19. The lowest BCUT2D eigenvalue weighted by Gasteiger charge is -2.24. The zero-order chi connectivity index (χ0) is 45.2. The third kappa shape index (κ3) is 44.7. The molecule has 0 bridgehead atoms. The van der Waals surface area contributed by atoms with E-state index in [1.807, 2.05) is 0 Å². The van der Waals surface area contributed by atoms with Gasteiger partial charge in [0, 0.05) is 6.42 Å². The molecular weight excluding hydrogens is 767 g/mol. The molecule has 0 fully saturated rings. The smallest absolute Gasteiger partial charge is 0.306 e. The molecule has 0 radical (unpaired) electrons. The summed E-state index contributed by atoms with van der Waals surface area (Å²) in [6.07, 6.45) is 59.2. The summed E-state index contributed by atoms with van der Waals surface area (Å²) >= 11 is 0. The van der Waals surface area contributed by atoms with Gasteiger partial charge in [-0.05, 0) is 57.8 Å². The molecule has 0 aliphatic carbocycles. The number of unbranched alkanes of at least 4 members (excludes halogenated alkanes) is 31. The van der Waals surface area contributed by atoms with E-state index in [0.717, 1.165) is 77.0 Å². The third-order valence-corrected chi connectivity index (χ3v) is 12.5. The van der Waals surface area contributed by atoms with Crippen LogP contribution in [0.1, 0.15) is 284 Å². The molecule has 0 heterocycles. The van der Waals surface area contributed by atoms with Crippen LogP contribution in [0.2, 0.25) is 0 Å². The summed E-state index contributed by atoms with van der Waals surface area (Å²) < 4.78 is 5.95. The number of esters is 1. The molecule has 0 aliphatic heterocycles. The molecule has 62 heavy (non-hydrogen) atoms. The fraction of sp³-hybridized carbons (Fsp3) is 0.857. The van der Waals surface area contributed by atoms with Crippen molar-refractivity contribution in [3.8, 4) is 0 Å². The lowest BCUT2D eigenvalue weighted by Crippen LogP contribution is -2.46. The zero-order valence-electron chi connectivity index (χ0n) is 41.5. The average Bonchev–Trinajstić information content (AvgIpc) is 3.26. The number of hydrogen-bond acceptors (Lipinski definition) is 5. The number of carbonyl (C=O) groups excluding carboxylic acids is 2. The molecule has 0 saturated carbocycles. The first kappa shape index (κ1) is 60.1. The fourth-order valence-corrected chi connectivity index (χ4v) is 8.39. The van der Waals surface area contributed by atoms with Gasteiger partial charge >= 0.3 is 5.97 Å². The summed E-state index contributed by atoms with van der Waals surface area (Å²) in [5, 5.41) is 23.8. The number of ether oxygens (including phenoxy) is 1. The summed E-state index contributed by atoms with van der Waals surface area (Å²) in [4.78, 5) is 26.2. The van der Waals surface area contributed by atoms with Crippen molar-refractivity contribution in [1.29, 1.82) is 0 Å². The minimum atomic E-state index is -0.786. The summed E-state index contributed by atoms with van der Waals surface area (Å²) in [5.41, 5.74) is 0. The Bertz CT molecular complexity index is 1020. The van der Waals surface area contributed by atoms with Crippen LogP contribution in [-0.4, -0.2) is 46.9 Å². The van der Waals surface area contributed by atoms with Gasteiger partial charge in [0.05, 0.1) is 25.2 Å². The number of rotatable bonds is 49. The number of aliphatic hydroxyl groups excluding tert-OH is 2. The van der Waals surface area contributed by atoms with Crippen LogP contribution in [-0.2, 0) is 14.3 Å². The number of nitrogens with one attached hydrogen (secondary N) is 1. The maximum atomic E-state index is 13.2. The van der Waals surface area contributed by atoms with Crippen LogP contribution in [0.4, 0.5) is 0 Å². The summed E-state index contributed by atoms with van der Waals surface area (Å²) in [7, 11) is 0. The van der Waals surface area contributed by atoms with Gasteiger partial charge in [0.2, 0.25) is 5.91 Å². The van der Waals surface area contributed by atoms with E-state index in [1.165, 1.54) is 161 Å². The normalized spacial score (nSPS) is 13.4. The Morgan fingerprint density at radius 2 is 0.871 bits per heavy atom. The molecule has 364 valence electrons. The summed E-state index contributed by atoms with van der Waals surface area (Å²) in [5.74, 6) is -0.475. The molecule has 0 aliphatic rings. The van der Waals surface area contributed by atoms with Crippen LogP contribution >= 0.6 is 0 Å². The molecular formula is C56H105NO5. The lowest BCUT2D eigenvalue weighted by atomic mass is 10.0. The number of carbonyl (C=O) groups is 2. The van der Waals surface area contributed by atoms with Crippen molar-refractivity contribution in [3.63, 3.8) is 0 Å². The van der Waals surface area contributed by atoms with E-state index >= 15 is 0 Å². The van der Waals surface area contributed by atoms with Gasteiger partial charge in [0.1, 0.15) is 6.10 Å². The van der Waals surface area contributed by atoms with Gasteiger partial charge in [-0.2, -0.15) is 0 Å². The van der Waals surface area contributed by atoms with Crippen molar-refractivity contribution in [1.82, 2.24) is 5.32 Å². The SMILES string of the molecule is CC/C=C/C/C=C/C/C=C/CCCCCCCCC(=O)OC(CCCCCCCCCCCCCCCCCCC)CC(=O)NC(CO)C(O)CCCCCCCCCCCC. The maximum Gasteiger partial charge on any atom is 0.306 e. The van der Waals surface area contributed by atoms with Crippen LogP contribution in [0, 0.1) is 0 Å². The third-order valence-electron chi connectivity index (χ3n) is 12.5. The van der Waals surface area contributed by atoms with Crippen LogP contribution in [0.25, 0.3) is 0 Å². The molecule has 6 nitrogen and oxygen atoms in total. The van der Waals surface area contributed by atoms with Crippen LogP contribution in [0.3, 0.4) is 0 Å². The quantitative estimate of drug-likeness (QED) is 0.0321. The molecule has 1 amide bonds. The number of amides is 1. The highest BCUT2D eigenvalue weighted by molar-refractivity contribution is 5.77. The second-order valence-electron chi connectivity index (χ2n) is 18.6. The Labute approximate surface area is 385 Å². The van der Waals surface area contributed by atoms with Gasteiger partial charge in [-0.25, -0.2) is 0 Å². The Morgan fingerprint density at radius 3 is 1.32 bits per heavy atom. The van der Waals surface area contributed by atoms with Gasteiger partial charge < -0.3 is 20.3 Å². The molecule has 0 aromatic heterocycles. The van der Waals surface area contributed by atoms with Crippen molar-refractivity contribution in [2.75, 3.05) is 6.61 Å². The predicted molar refractivity (Wildman–Crippen MR) is 269 cm³/mol. The molecule has 0 aromatic rings. The monoisotopic (exact) mass is 872 g/mol. The van der Waals surface area contributed by atoms with E-state index in [1.54, 1.807) is 0 Å². The number of hydrogen-bond donors (Lipinski definition) is 3. The van der Waals surface area contributed by atoms with Crippen molar-refractivity contribution in [2.45, 2.75) is 302 Å². The van der Waals surface area contributed by atoms with Crippen LogP contribution in [0.5, 0.6) is 0 Å². The van der Waals surface area contributed by atoms with E-state index in [0.29, 0.717) is 19.3 Å². The van der Waals surface area contributed by atoms with E-state index in [2.05, 4.69) is 62.5 Å². The van der Waals surface area contributed by atoms with Crippen LogP contribution < -0.4 is 5.32 Å². The minimum absolute atomic E-state index is 0.0765. The Kier molecular flexibility index (Phi) is 48.5. The lowest BCUT2D eigenvalue weighted by molar-refractivity contribution is -0.151. The molecule has 3 atom stereocenters. The van der Waals surface area contributed by atoms with Gasteiger partial charge in [-0.3, -0.25) is 9.59 Å². The first-order valence-corrected chi connectivity index (χ1v) is 27.2. The molecule has 3 N–H and O–H groups in total. The van der Waals surface area contributed by atoms with Crippen molar-refractivity contribution in [2.24, 2.45) is 0 Å². The van der Waals surface area contributed by atoms with E-state index in [-0.39, 0.29) is 24.9 Å². The Balaban J connectivity index is 4.55. The van der Waals surface area contributed by atoms with Gasteiger partial charge in [-0.15, -0.1) is 0 Å². The zero-order valence-corrected chi connectivity index (χ0v) is 41.5. The topological polar surface area (TPSA) is 95.9 Å². The van der Waals surface area contributed by atoms with Gasteiger partial charge in [0.25, 0.3) is 0 Å². The molecule has 0 saturated heterocycles. The van der Waals surface area contributed by atoms with Crippen LogP contribution in [0.15, 0.2) is 36.5 Å². The summed E-state index contributed by atoms with van der Waals surface area (Å²) in [6, 6.07) is -0.700. The average molecular weight is 872 g/mol. The Morgan fingerprint density at radius 1 is 0.484 bits per heavy atom. The molecule has 0 aromatic carbocycles. The molecule has 3 unspecified atom stereocenters. The van der Waals surface area contributed by atoms with E-state index in [4.69, 9.17) is 4.74 Å². The van der Waals surface area contributed by atoms with Crippen molar-refractivity contribution < 1.29 is 24.5 Å². The standard InChI is InChI=1S/C56H105NO5/c1-4-7-10-13-16-19-22-24-26-28-29-31-33-35-38-41-44-47-52(50-55(60)57-53(51-58)54(59)48-45-42-39-36-21-18-15-12-9-6-3)62-56(61)49-46-43-40-37-34-32-30-27-25-23-20-17-14-11-8-5-2/h8,11,17,20,25,27,52-54,58-59H,4-7,9-10,12-16,18-19,21-24,26,28-51H2,1-3H3,(H,57,60)/b11-8+,20-17+,27-25+. The van der Waals surface area contributed by atoms with Gasteiger partial charge in [0.15, 0.2) is 0 Å². The van der Waals surface area contributed by atoms with E-state index < -0.39 is 18.2 Å². The highest BCUT2D eigenvalue weighted by atomic mass is 16.5. The second kappa shape index (κ2) is 50.1. The largest absolute Gasteiger partial charge is 0.462 e. The molecule has 6 heteroatoms. The summed E-state index contributed by atoms with van der Waals surface area (Å²) in [6.45, 7) is 6.38. The minimum Gasteiger partial charge on any atom is -0.462 e. The van der Waals surface area contributed by atoms with Crippen molar-refractivity contribution in [3.05, 3.63) is 36.5 Å². The number of allylic oxidation sites excluding steroid dienone is 6. The molecule has 0 rings (SSSR count). The predicted octanol–water partition coefficient (Wildman–Crippen LogP) is 16.5. The maximum absolute atomic E-state index is 13.2. The Hall–Kier alpha value is -1.92. The fourth-order valence-electron chi connectivity index (χ4n) is 8.39. The second-order valence-corrected chi connectivity index (χ2v) is 18.6. The first-order valence-electron chi connectivity index (χ1n) is 27.2. The number of aliphatic hydroxyl groups is 2. The highest BCUT2D eigenvalue weighted by Gasteiger charge is 2.24. The van der Waals surface area contributed by atoms with Gasteiger partial charge in [-0.1, -0.05) is 250 Å².